The summed E-state index contributed by atoms with van der Waals surface area (Å²) in [7, 11) is 0. The second-order valence-electron chi connectivity index (χ2n) is 3.92. The number of carbonyl (C=O) groups is 2. The molecule has 0 saturated carbocycles. The van der Waals surface area contributed by atoms with Crippen molar-refractivity contribution in [2.75, 3.05) is 6.54 Å². The Bertz CT molecular complexity index is 403. The van der Waals surface area contributed by atoms with Crippen molar-refractivity contribution in [2.24, 2.45) is 0 Å². The highest BCUT2D eigenvalue weighted by atomic mass is 32.1. The third kappa shape index (κ3) is 1.67. The minimum atomic E-state index is -0.107. The predicted octanol–water partition coefficient (Wildman–Crippen LogP) is 2.71. The van der Waals surface area contributed by atoms with Crippen LogP contribution in [0.1, 0.15) is 51.6 Å². The second kappa shape index (κ2) is 4.37. The maximum absolute atomic E-state index is 12.0. The highest BCUT2D eigenvalue weighted by Crippen LogP contribution is 2.31. The number of thiophene rings is 1. The zero-order valence-corrected chi connectivity index (χ0v) is 10.4. The lowest BCUT2D eigenvalue weighted by Crippen LogP contribution is -2.30. The molecule has 0 radical (unpaired) electrons. The summed E-state index contributed by atoms with van der Waals surface area (Å²) in [5.41, 5.74) is 0.614. The van der Waals surface area contributed by atoms with Crippen molar-refractivity contribution in [1.82, 2.24) is 4.90 Å². The number of hydrogen-bond acceptors (Lipinski definition) is 3. The molecule has 0 bridgehead atoms. The van der Waals surface area contributed by atoms with Gasteiger partial charge in [-0.2, -0.15) is 0 Å². The van der Waals surface area contributed by atoms with E-state index in [9.17, 15) is 9.59 Å². The molecule has 16 heavy (non-hydrogen) atoms. The Morgan fingerprint density at radius 3 is 2.56 bits per heavy atom. The van der Waals surface area contributed by atoms with Crippen molar-refractivity contribution in [3.63, 3.8) is 0 Å². The topological polar surface area (TPSA) is 37.4 Å². The second-order valence-corrected chi connectivity index (χ2v) is 5.06. The number of rotatable bonds is 4. The van der Waals surface area contributed by atoms with Crippen molar-refractivity contribution >= 4 is 23.2 Å². The standard InChI is InChI=1S/C12H15NO2S/c1-3-5-6-13-11(14)9-7-8(4-2)16-10(9)12(13)15/h7H,3-6H2,1-2H3. The number of unbranched alkanes of at least 4 members (excludes halogenated alkanes) is 1. The van der Waals surface area contributed by atoms with E-state index in [0.717, 1.165) is 24.1 Å². The molecule has 1 aromatic rings. The van der Waals surface area contributed by atoms with Gasteiger partial charge in [-0.15, -0.1) is 11.3 Å². The Labute approximate surface area is 99.1 Å². The average Bonchev–Trinajstić information content (AvgIpc) is 2.80. The molecule has 2 heterocycles. The van der Waals surface area contributed by atoms with Crippen molar-refractivity contribution in [2.45, 2.75) is 33.1 Å². The molecule has 0 aliphatic carbocycles. The first-order chi connectivity index (χ1) is 7.69. The van der Waals surface area contributed by atoms with Gasteiger partial charge in [-0.3, -0.25) is 14.5 Å². The highest BCUT2D eigenvalue weighted by molar-refractivity contribution is 7.14. The van der Waals surface area contributed by atoms with Gasteiger partial charge in [-0.1, -0.05) is 20.3 Å². The van der Waals surface area contributed by atoms with Crippen LogP contribution in [0, 0.1) is 0 Å². The third-order valence-electron chi connectivity index (χ3n) is 2.78. The number of carbonyl (C=O) groups excluding carboxylic acids is 2. The maximum Gasteiger partial charge on any atom is 0.271 e. The highest BCUT2D eigenvalue weighted by Gasteiger charge is 2.36. The van der Waals surface area contributed by atoms with Gasteiger partial charge in [0.15, 0.2) is 0 Å². The van der Waals surface area contributed by atoms with Gasteiger partial charge in [0.05, 0.1) is 5.56 Å². The molecular formula is C12H15NO2S. The third-order valence-corrected chi connectivity index (χ3v) is 4.05. The van der Waals surface area contributed by atoms with E-state index in [-0.39, 0.29) is 11.8 Å². The predicted molar refractivity (Wildman–Crippen MR) is 64.0 cm³/mol. The molecule has 1 aromatic heterocycles. The number of aryl methyl sites for hydroxylation is 1. The summed E-state index contributed by atoms with van der Waals surface area (Å²) >= 11 is 1.46. The van der Waals surface area contributed by atoms with E-state index >= 15 is 0 Å². The molecule has 0 spiro atoms. The van der Waals surface area contributed by atoms with Gasteiger partial charge < -0.3 is 0 Å². The zero-order chi connectivity index (χ0) is 11.7. The largest absolute Gasteiger partial charge is 0.274 e. The van der Waals surface area contributed by atoms with Crippen molar-refractivity contribution < 1.29 is 9.59 Å². The summed E-state index contributed by atoms with van der Waals surface area (Å²) in [6.07, 6.45) is 2.76. The van der Waals surface area contributed by atoms with Crippen molar-refractivity contribution in [3.05, 3.63) is 21.4 Å². The van der Waals surface area contributed by atoms with Gasteiger partial charge >= 0.3 is 0 Å². The van der Waals surface area contributed by atoms with Gasteiger partial charge in [0.25, 0.3) is 11.8 Å². The monoisotopic (exact) mass is 237 g/mol. The van der Waals surface area contributed by atoms with Crippen LogP contribution in [0.15, 0.2) is 6.07 Å². The quantitative estimate of drug-likeness (QED) is 0.755. The average molecular weight is 237 g/mol. The Hall–Kier alpha value is -1.16. The smallest absolute Gasteiger partial charge is 0.271 e. The molecule has 1 aliphatic rings. The lowest BCUT2D eigenvalue weighted by Gasteiger charge is -2.12. The molecular weight excluding hydrogens is 222 g/mol. The van der Waals surface area contributed by atoms with Gasteiger partial charge in [0, 0.05) is 11.4 Å². The molecule has 0 N–H and O–H groups in total. The normalized spacial score (nSPS) is 14.8. The summed E-state index contributed by atoms with van der Waals surface area (Å²) in [6.45, 7) is 4.64. The van der Waals surface area contributed by atoms with E-state index in [0.29, 0.717) is 17.0 Å². The Morgan fingerprint density at radius 1 is 1.25 bits per heavy atom. The molecule has 4 heteroatoms. The zero-order valence-electron chi connectivity index (χ0n) is 9.58. The van der Waals surface area contributed by atoms with Gasteiger partial charge in [0.1, 0.15) is 4.88 Å². The maximum atomic E-state index is 12.0. The van der Waals surface area contributed by atoms with Gasteiger partial charge in [-0.05, 0) is 18.9 Å². The summed E-state index contributed by atoms with van der Waals surface area (Å²) in [5.74, 6) is -0.206. The van der Waals surface area contributed by atoms with E-state index < -0.39 is 0 Å². The molecule has 0 atom stereocenters. The van der Waals surface area contributed by atoms with Crippen LogP contribution in [0.3, 0.4) is 0 Å². The van der Waals surface area contributed by atoms with Crippen molar-refractivity contribution in [1.29, 1.82) is 0 Å². The minimum Gasteiger partial charge on any atom is -0.274 e. The van der Waals surface area contributed by atoms with Crippen LogP contribution in [0.2, 0.25) is 0 Å². The van der Waals surface area contributed by atoms with Crippen LogP contribution in [0.4, 0.5) is 0 Å². The lowest BCUT2D eigenvalue weighted by atomic mass is 10.2. The molecule has 0 unspecified atom stereocenters. The summed E-state index contributed by atoms with van der Waals surface area (Å²) in [5, 5.41) is 0. The molecule has 0 saturated heterocycles. The molecule has 0 aromatic carbocycles. The molecule has 2 rings (SSSR count). The first-order valence-electron chi connectivity index (χ1n) is 5.68. The minimum absolute atomic E-state index is 0.0989. The molecule has 2 amide bonds. The Morgan fingerprint density at radius 2 is 2.00 bits per heavy atom. The van der Waals surface area contributed by atoms with Gasteiger partial charge in [-0.25, -0.2) is 0 Å². The van der Waals surface area contributed by atoms with E-state index in [1.165, 1.54) is 16.2 Å². The van der Waals surface area contributed by atoms with E-state index in [1.807, 2.05) is 13.0 Å². The van der Waals surface area contributed by atoms with Crippen LogP contribution in [-0.2, 0) is 6.42 Å². The van der Waals surface area contributed by atoms with Crippen LogP contribution < -0.4 is 0 Å². The number of amides is 2. The number of fused-ring (bicyclic) bond motifs is 1. The van der Waals surface area contributed by atoms with E-state index in [4.69, 9.17) is 0 Å². The molecule has 86 valence electrons. The fourth-order valence-corrected chi connectivity index (χ4v) is 2.85. The van der Waals surface area contributed by atoms with E-state index in [2.05, 4.69) is 6.92 Å². The molecule has 3 nitrogen and oxygen atoms in total. The number of nitrogens with zero attached hydrogens (tertiary/aromatic N) is 1. The Balaban J connectivity index is 2.25. The summed E-state index contributed by atoms with van der Waals surface area (Å²) < 4.78 is 0. The lowest BCUT2D eigenvalue weighted by molar-refractivity contribution is 0.0653. The SMILES string of the molecule is CCCCN1C(=O)c2cc(CC)sc2C1=O. The number of hydrogen-bond donors (Lipinski definition) is 0. The summed E-state index contributed by atoms with van der Waals surface area (Å²) in [6, 6.07) is 1.87. The van der Waals surface area contributed by atoms with Crippen LogP contribution in [0.5, 0.6) is 0 Å². The van der Waals surface area contributed by atoms with Crippen LogP contribution in [0.25, 0.3) is 0 Å². The fraction of sp³-hybridized carbons (Fsp3) is 0.500. The Kier molecular flexibility index (Phi) is 3.10. The fourth-order valence-electron chi connectivity index (χ4n) is 1.81. The van der Waals surface area contributed by atoms with Crippen LogP contribution in [-0.4, -0.2) is 23.3 Å². The van der Waals surface area contributed by atoms with Crippen LogP contribution >= 0.6 is 11.3 Å². The molecule has 1 aliphatic heterocycles. The first-order valence-corrected chi connectivity index (χ1v) is 6.49. The van der Waals surface area contributed by atoms with E-state index in [1.54, 1.807) is 0 Å². The van der Waals surface area contributed by atoms with Gasteiger partial charge in [0.2, 0.25) is 0 Å². The van der Waals surface area contributed by atoms with Crippen molar-refractivity contribution in [3.8, 4) is 0 Å². The first kappa shape index (κ1) is 11.3. The molecule has 0 fully saturated rings. The number of imide groups is 1. The summed E-state index contributed by atoms with van der Waals surface area (Å²) in [4.78, 5) is 27.0.